The maximum Gasteiger partial charge on any atom is 0.0656 e. The highest BCUT2D eigenvalue weighted by Gasteiger charge is 2.11. The van der Waals surface area contributed by atoms with E-state index in [2.05, 4.69) is 52.4 Å². The molecule has 0 saturated heterocycles. The van der Waals surface area contributed by atoms with E-state index in [-0.39, 0.29) is 6.04 Å². The summed E-state index contributed by atoms with van der Waals surface area (Å²) in [4.78, 5) is 1.32. The number of hydrogen-bond acceptors (Lipinski definition) is 3. The van der Waals surface area contributed by atoms with Gasteiger partial charge in [0.15, 0.2) is 0 Å². The predicted octanol–water partition coefficient (Wildman–Crippen LogP) is 3.77. The van der Waals surface area contributed by atoms with Gasteiger partial charge in [0.1, 0.15) is 0 Å². The van der Waals surface area contributed by atoms with E-state index in [4.69, 9.17) is 5.73 Å². The highest BCUT2D eigenvalue weighted by molar-refractivity contribution is 14.1. The number of nitrogens with two attached hydrogens (primary N) is 1. The van der Waals surface area contributed by atoms with Crippen molar-refractivity contribution >= 4 is 45.3 Å². The van der Waals surface area contributed by atoms with Gasteiger partial charge in [-0.05, 0) is 63.5 Å². The van der Waals surface area contributed by atoms with Crippen LogP contribution in [0.4, 0.5) is 0 Å². The van der Waals surface area contributed by atoms with Gasteiger partial charge in [-0.25, -0.2) is 0 Å². The van der Waals surface area contributed by atoms with Crippen LogP contribution in [0.3, 0.4) is 0 Å². The fourth-order valence-corrected chi connectivity index (χ4v) is 3.45. The van der Waals surface area contributed by atoms with Crippen LogP contribution in [0.5, 0.6) is 0 Å². The number of rotatable bonds is 2. The molecule has 4 heteroatoms. The molecule has 2 heterocycles. The zero-order valence-electron chi connectivity index (χ0n) is 7.66. The third-order valence-corrected chi connectivity index (χ3v) is 4.74. The number of hydrogen-bond donors (Lipinski definition) is 1. The average molecular weight is 335 g/mol. The Morgan fingerprint density at radius 3 is 2.36 bits per heavy atom. The largest absolute Gasteiger partial charge is 0.320 e. The molecule has 0 aliphatic carbocycles. The Hall–Kier alpha value is 0.0900. The zero-order valence-corrected chi connectivity index (χ0v) is 11.4. The van der Waals surface area contributed by atoms with Crippen LogP contribution in [-0.4, -0.2) is 0 Å². The first-order valence-corrected chi connectivity index (χ1v) is 7.05. The quantitative estimate of drug-likeness (QED) is 0.831. The van der Waals surface area contributed by atoms with E-state index in [1.54, 1.807) is 22.7 Å². The van der Waals surface area contributed by atoms with E-state index in [1.807, 2.05) is 0 Å². The number of halogens is 1. The molecule has 0 aliphatic rings. The molecule has 0 fully saturated rings. The van der Waals surface area contributed by atoms with E-state index < -0.39 is 0 Å². The van der Waals surface area contributed by atoms with E-state index in [0.29, 0.717) is 0 Å². The van der Waals surface area contributed by atoms with Gasteiger partial charge < -0.3 is 5.73 Å². The normalized spacial score (nSPS) is 13.1. The molecule has 0 radical (unpaired) electrons. The molecule has 0 amide bonds. The maximum atomic E-state index is 6.15. The molecule has 0 bridgehead atoms. The Balaban J connectivity index is 2.28. The maximum absolute atomic E-state index is 6.15. The number of aryl methyl sites for hydroxylation is 1. The zero-order chi connectivity index (χ0) is 10.1. The topological polar surface area (TPSA) is 26.0 Å². The standard InChI is InChI=1S/C10H10INS2/c1-6-2-7(4-13-6)10(12)8-3-9(11)14-5-8/h2-5,10H,12H2,1H3. The van der Waals surface area contributed by atoms with Gasteiger partial charge >= 0.3 is 0 Å². The van der Waals surface area contributed by atoms with Gasteiger partial charge in [0.2, 0.25) is 0 Å². The smallest absolute Gasteiger partial charge is 0.0656 e. The predicted molar refractivity (Wildman–Crippen MR) is 72.1 cm³/mol. The summed E-state index contributed by atoms with van der Waals surface area (Å²) in [5, 5.41) is 4.28. The first kappa shape index (κ1) is 10.6. The molecule has 2 aromatic rings. The van der Waals surface area contributed by atoms with Crippen molar-refractivity contribution in [2.24, 2.45) is 5.73 Å². The van der Waals surface area contributed by atoms with Gasteiger partial charge in [0.05, 0.1) is 8.93 Å². The number of thiophene rings is 2. The summed E-state index contributed by atoms with van der Waals surface area (Å²) in [6.07, 6.45) is 0. The van der Waals surface area contributed by atoms with E-state index >= 15 is 0 Å². The Labute approximate surface area is 105 Å². The van der Waals surface area contributed by atoms with Crippen molar-refractivity contribution in [2.75, 3.05) is 0 Å². The van der Waals surface area contributed by atoms with Crippen LogP contribution in [0.2, 0.25) is 0 Å². The summed E-state index contributed by atoms with van der Waals surface area (Å²) in [7, 11) is 0. The van der Waals surface area contributed by atoms with Crippen molar-refractivity contribution < 1.29 is 0 Å². The first-order valence-electron chi connectivity index (χ1n) is 4.21. The molecule has 2 aromatic heterocycles. The highest BCUT2D eigenvalue weighted by Crippen LogP contribution is 2.27. The molecule has 1 unspecified atom stereocenters. The lowest BCUT2D eigenvalue weighted by Gasteiger charge is -2.06. The van der Waals surface area contributed by atoms with E-state index in [0.717, 1.165) is 0 Å². The monoisotopic (exact) mass is 335 g/mol. The summed E-state index contributed by atoms with van der Waals surface area (Å²) >= 11 is 5.82. The summed E-state index contributed by atoms with van der Waals surface area (Å²) in [6.45, 7) is 2.11. The van der Waals surface area contributed by atoms with E-state index in [1.165, 1.54) is 18.9 Å². The molecule has 2 rings (SSSR count). The molecule has 0 aromatic carbocycles. The van der Waals surface area contributed by atoms with Crippen molar-refractivity contribution in [1.82, 2.24) is 0 Å². The fraction of sp³-hybridized carbons (Fsp3) is 0.200. The van der Waals surface area contributed by atoms with Gasteiger partial charge in [-0.3, -0.25) is 0 Å². The van der Waals surface area contributed by atoms with Crippen LogP contribution in [0.25, 0.3) is 0 Å². The second kappa shape index (κ2) is 4.30. The SMILES string of the molecule is Cc1cc(C(N)c2csc(I)c2)cs1. The van der Waals surface area contributed by atoms with Crippen molar-refractivity contribution in [3.05, 3.63) is 41.8 Å². The Bertz CT molecular complexity index is 393. The first-order chi connectivity index (χ1) is 6.66. The average Bonchev–Trinajstić information content (AvgIpc) is 2.73. The Morgan fingerprint density at radius 2 is 1.86 bits per heavy atom. The van der Waals surface area contributed by atoms with Crippen molar-refractivity contribution in [3.8, 4) is 0 Å². The molecule has 74 valence electrons. The fourth-order valence-electron chi connectivity index (χ4n) is 1.31. The van der Waals surface area contributed by atoms with Crippen molar-refractivity contribution in [1.29, 1.82) is 0 Å². The third-order valence-electron chi connectivity index (χ3n) is 2.06. The van der Waals surface area contributed by atoms with Crippen LogP contribution in [0.1, 0.15) is 22.0 Å². The minimum absolute atomic E-state index is 0.0414. The van der Waals surface area contributed by atoms with Crippen LogP contribution >= 0.6 is 45.3 Å². The summed E-state index contributed by atoms with van der Waals surface area (Å²) < 4.78 is 1.29. The highest BCUT2D eigenvalue weighted by atomic mass is 127. The molecule has 2 N–H and O–H groups in total. The van der Waals surface area contributed by atoms with Crippen LogP contribution in [0.15, 0.2) is 22.9 Å². The molecule has 1 atom stereocenters. The minimum Gasteiger partial charge on any atom is -0.320 e. The second-order valence-electron chi connectivity index (χ2n) is 3.15. The molecular weight excluding hydrogens is 325 g/mol. The van der Waals surface area contributed by atoms with E-state index in [9.17, 15) is 0 Å². The lowest BCUT2D eigenvalue weighted by Crippen LogP contribution is -2.09. The van der Waals surface area contributed by atoms with Gasteiger partial charge in [0.25, 0.3) is 0 Å². The summed E-state index contributed by atoms with van der Waals surface area (Å²) in [5.74, 6) is 0. The molecule has 14 heavy (non-hydrogen) atoms. The van der Waals surface area contributed by atoms with Crippen LogP contribution in [-0.2, 0) is 0 Å². The summed E-state index contributed by atoms with van der Waals surface area (Å²) in [5.41, 5.74) is 8.60. The van der Waals surface area contributed by atoms with Crippen LogP contribution in [0, 0.1) is 9.81 Å². The van der Waals surface area contributed by atoms with Crippen molar-refractivity contribution in [2.45, 2.75) is 13.0 Å². The van der Waals surface area contributed by atoms with Gasteiger partial charge in [0, 0.05) is 4.88 Å². The Kier molecular flexibility index (Phi) is 3.26. The molecule has 1 nitrogen and oxygen atoms in total. The summed E-state index contributed by atoms with van der Waals surface area (Å²) in [6, 6.07) is 4.36. The molecule has 0 aliphatic heterocycles. The van der Waals surface area contributed by atoms with Gasteiger partial charge in [-0.2, -0.15) is 0 Å². The lowest BCUT2D eigenvalue weighted by atomic mass is 10.1. The molecule has 0 spiro atoms. The van der Waals surface area contributed by atoms with Gasteiger partial charge in [-0.1, -0.05) is 0 Å². The minimum atomic E-state index is 0.0414. The van der Waals surface area contributed by atoms with Gasteiger partial charge in [-0.15, -0.1) is 22.7 Å². The van der Waals surface area contributed by atoms with Crippen LogP contribution < -0.4 is 5.73 Å². The van der Waals surface area contributed by atoms with Crippen molar-refractivity contribution in [3.63, 3.8) is 0 Å². The third kappa shape index (κ3) is 2.18. The Morgan fingerprint density at radius 1 is 1.21 bits per heavy atom. The molecule has 0 saturated carbocycles. The molecular formula is C10H10INS2. The lowest BCUT2D eigenvalue weighted by molar-refractivity contribution is 0.881. The second-order valence-corrected chi connectivity index (χ2v) is 7.07.